The lowest BCUT2D eigenvalue weighted by Gasteiger charge is -2.20. The number of benzene rings is 1. The number of phenolic OH excluding ortho intramolecular Hbond substituents is 2. The zero-order chi connectivity index (χ0) is 12.3. The first-order valence-corrected chi connectivity index (χ1v) is 6.73. The Bertz CT molecular complexity index is 414. The molecule has 0 saturated carbocycles. The molecular weight excluding hydrogens is 238 g/mol. The highest BCUT2D eigenvalue weighted by molar-refractivity contribution is 7.99. The summed E-state index contributed by atoms with van der Waals surface area (Å²) in [5, 5.41) is 19.0. The van der Waals surface area contributed by atoms with Crippen LogP contribution in [0.1, 0.15) is 16.8 Å². The number of hydrogen-bond acceptors (Lipinski definition) is 4. The number of hydrogen-bond donors (Lipinski definition) is 2. The SMILES string of the molecule is O=C(c1cccc(O)c1O)N1CCCSCC1. The third kappa shape index (κ3) is 2.66. The standard InChI is InChI=1S/C12H15NO3S/c14-10-4-1-3-9(11(10)15)12(16)13-5-2-7-17-8-6-13/h1,3-4,14-15H,2,5-8H2. The lowest BCUT2D eigenvalue weighted by molar-refractivity contribution is 0.0765. The van der Waals surface area contributed by atoms with E-state index in [1.165, 1.54) is 12.1 Å². The Balaban J connectivity index is 2.20. The van der Waals surface area contributed by atoms with Crippen LogP contribution in [0.2, 0.25) is 0 Å². The molecule has 0 atom stereocenters. The van der Waals surface area contributed by atoms with Gasteiger partial charge in [0.2, 0.25) is 0 Å². The molecule has 0 bridgehead atoms. The van der Waals surface area contributed by atoms with Gasteiger partial charge in [-0.3, -0.25) is 4.79 Å². The minimum absolute atomic E-state index is 0.178. The zero-order valence-corrected chi connectivity index (χ0v) is 10.2. The van der Waals surface area contributed by atoms with E-state index < -0.39 is 0 Å². The van der Waals surface area contributed by atoms with E-state index in [-0.39, 0.29) is 23.0 Å². The van der Waals surface area contributed by atoms with E-state index in [1.807, 2.05) is 11.8 Å². The van der Waals surface area contributed by atoms with E-state index in [0.717, 1.165) is 17.9 Å². The fourth-order valence-corrected chi connectivity index (χ4v) is 2.71. The minimum Gasteiger partial charge on any atom is -0.504 e. The van der Waals surface area contributed by atoms with E-state index >= 15 is 0 Å². The summed E-state index contributed by atoms with van der Waals surface area (Å²) in [7, 11) is 0. The van der Waals surface area contributed by atoms with Crippen molar-refractivity contribution < 1.29 is 15.0 Å². The first kappa shape index (κ1) is 12.1. The molecule has 0 spiro atoms. The number of carbonyl (C=O) groups is 1. The highest BCUT2D eigenvalue weighted by Crippen LogP contribution is 2.29. The lowest BCUT2D eigenvalue weighted by atomic mass is 10.1. The molecule has 1 aromatic rings. The number of thioether (sulfide) groups is 1. The Labute approximate surface area is 104 Å². The van der Waals surface area contributed by atoms with Gasteiger partial charge in [-0.1, -0.05) is 6.07 Å². The number of phenols is 2. The Kier molecular flexibility index (Phi) is 3.78. The number of aromatic hydroxyl groups is 2. The van der Waals surface area contributed by atoms with Gasteiger partial charge in [0.05, 0.1) is 5.56 Å². The van der Waals surface area contributed by atoms with Crippen molar-refractivity contribution in [2.75, 3.05) is 24.6 Å². The van der Waals surface area contributed by atoms with Gasteiger partial charge in [0.1, 0.15) is 0 Å². The molecule has 92 valence electrons. The van der Waals surface area contributed by atoms with Crippen molar-refractivity contribution in [2.24, 2.45) is 0 Å². The van der Waals surface area contributed by atoms with E-state index in [0.29, 0.717) is 13.1 Å². The van der Waals surface area contributed by atoms with E-state index in [1.54, 1.807) is 11.0 Å². The van der Waals surface area contributed by atoms with Crippen LogP contribution in [-0.4, -0.2) is 45.6 Å². The molecule has 0 aromatic heterocycles. The number of para-hydroxylation sites is 1. The highest BCUT2D eigenvalue weighted by Gasteiger charge is 2.21. The predicted molar refractivity (Wildman–Crippen MR) is 67.6 cm³/mol. The van der Waals surface area contributed by atoms with Crippen molar-refractivity contribution >= 4 is 17.7 Å². The summed E-state index contributed by atoms with van der Waals surface area (Å²) >= 11 is 1.83. The molecule has 0 radical (unpaired) electrons. The van der Waals surface area contributed by atoms with Crippen molar-refractivity contribution in [3.05, 3.63) is 23.8 Å². The second kappa shape index (κ2) is 5.31. The van der Waals surface area contributed by atoms with Gasteiger partial charge in [0.15, 0.2) is 11.5 Å². The van der Waals surface area contributed by atoms with Gasteiger partial charge in [-0.25, -0.2) is 0 Å². The summed E-state index contributed by atoms with van der Waals surface area (Å²) < 4.78 is 0. The van der Waals surface area contributed by atoms with Crippen molar-refractivity contribution in [1.82, 2.24) is 4.90 Å². The van der Waals surface area contributed by atoms with E-state index in [2.05, 4.69) is 0 Å². The monoisotopic (exact) mass is 253 g/mol. The predicted octanol–water partition coefficient (Wildman–Crippen LogP) is 1.68. The van der Waals surface area contributed by atoms with Crippen molar-refractivity contribution in [1.29, 1.82) is 0 Å². The van der Waals surface area contributed by atoms with Crippen molar-refractivity contribution in [3.63, 3.8) is 0 Å². The summed E-state index contributed by atoms with van der Waals surface area (Å²) in [6.07, 6.45) is 0.968. The summed E-state index contributed by atoms with van der Waals surface area (Å²) in [5.74, 6) is 1.21. The maximum Gasteiger partial charge on any atom is 0.257 e. The molecule has 0 aliphatic carbocycles. The smallest absolute Gasteiger partial charge is 0.257 e. The number of carbonyl (C=O) groups excluding carboxylic acids is 1. The van der Waals surface area contributed by atoms with Gasteiger partial charge in [-0.2, -0.15) is 11.8 Å². The zero-order valence-electron chi connectivity index (χ0n) is 9.43. The van der Waals surface area contributed by atoms with Crippen LogP contribution in [0.4, 0.5) is 0 Å². The maximum absolute atomic E-state index is 12.2. The summed E-state index contributed by atoms with van der Waals surface area (Å²) in [6.45, 7) is 1.40. The van der Waals surface area contributed by atoms with Gasteiger partial charge in [-0.15, -0.1) is 0 Å². The van der Waals surface area contributed by atoms with Crippen molar-refractivity contribution in [2.45, 2.75) is 6.42 Å². The molecule has 1 fully saturated rings. The van der Waals surface area contributed by atoms with Crippen LogP contribution in [0, 0.1) is 0 Å². The van der Waals surface area contributed by atoms with Gasteiger partial charge in [0, 0.05) is 18.8 Å². The fourth-order valence-electron chi connectivity index (χ4n) is 1.82. The Hall–Kier alpha value is -1.36. The summed E-state index contributed by atoms with van der Waals surface area (Å²) in [6, 6.07) is 4.47. The molecule has 1 saturated heterocycles. The van der Waals surface area contributed by atoms with Gasteiger partial charge >= 0.3 is 0 Å². The molecular formula is C12H15NO3S. The average molecular weight is 253 g/mol. The van der Waals surface area contributed by atoms with Crippen LogP contribution in [0.5, 0.6) is 11.5 Å². The van der Waals surface area contributed by atoms with Gasteiger partial charge < -0.3 is 15.1 Å². The molecule has 4 nitrogen and oxygen atoms in total. The normalized spacial score (nSPS) is 16.6. The molecule has 2 N–H and O–H groups in total. The lowest BCUT2D eigenvalue weighted by Crippen LogP contribution is -2.32. The third-order valence-electron chi connectivity index (χ3n) is 2.75. The van der Waals surface area contributed by atoms with Crippen LogP contribution in [-0.2, 0) is 0 Å². The second-order valence-electron chi connectivity index (χ2n) is 3.93. The Morgan fingerprint density at radius 3 is 2.88 bits per heavy atom. The second-order valence-corrected chi connectivity index (χ2v) is 5.16. The molecule has 0 unspecified atom stereocenters. The van der Waals surface area contributed by atoms with Gasteiger partial charge in [-0.05, 0) is 24.3 Å². The van der Waals surface area contributed by atoms with Crippen LogP contribution in [0.3, 0.4) is 0 Å². The number of nitrogens with zero attached hydrogens (tertiary/aromatic N) is 1. The van der Waals surface area contributed by atoms with Crippen molar-refractivity contribution in [3.8, 4) is 11.5 Å². The summed E-state index contributed by atoms with van der Waals surface area (Å²) in [5.41, 5.74) is 0.178. The van der Waals surface area contributed by atoms with E-state index in [9.17, 15) is 15.0 Å². The minimum atomic E-state index is -0.325. The average Bonchev–Trinajstić information content (AvgIpc) is 2.60. The molecule has 1 aliphatic heterocycles. The van der Waals surface area contributed by atoms with Gasteiger partial charge in [0.25, 0.3) is 5.91 Å². The largest absolute Gasteiger partial charge is 0.504 e. The molecule has 2 rings (SSSR count). The Morgan fingerprint density at radius 2 is 2.06 bits per heavy atom. The van der Waals surface area contributed by atoms with Crippen LogP contribution < -0.4 is 0 Å². The van der Waals surface area contributed by atoms with Crippen LogP contribution >= 0.6 is 11.8 Å². The van der Waals surface area contributed by atoms with Crippen LogP contribution in [0.15, 0.2) is 18.2 Å². The Morgan fingerprint density at radius 1 is 1.24 bits per heavy atom. The van der Waals surface area contributed by atoms with Crippen LogP contribution in [0.25, 0.3) is 0 Å². The molecule has 1 amide bonds. The first-order chi connectivity index (χ1) is 8.20. The molecule has 1 heterocycles. The first-order valence-electron chi connectivity index (χ1n) is 5.58. The molecule has 1 aromatic carbocycles. The van der Waals surface area contributed by atoms with E-state index in [4.69, 9.17) is 0 Å². The molecule has 5 heteroatoms. The molecule has 1 aliphatic rings. The third-order valence-corrected chi connectivity index (χ3v) is 3.80. The molecule has 17 heavy (non-hydrogen) atoms. The highest BCUT2D eigenvalue weighted by atomic mass is 32.2. The fraction of sp³-hybridized carbons (Fsp3) is 0.417. The maximum atomic E-state index is 12.2. The summed E-state index contributed by atoms with van der Waals surface area (Å²) in [4.78, 5) is 13.9. The topological polar surface area (TPSA) is 60.8 Å². The number of rotatable bonds is 1. The number of amides is 1. The quantitative estimate of drug-likeness (QED) is 0.748.